The zero-order valence-corrected chi connectivity index (χ0v) is 4.28. The van der Waals surface area contributed by atoms with E-state index < -0.39 is 0 Å². The van der Waals surface area contributed by atoms with Crippen molar-refractivity contribution in [2.24, 2.45) is 0 Å². The van der Waals surface area contributed by atoms with Gasteiger partial charge in [-0.3, -0.25) is 4.98 Å². The van der Waals surface area contributed by atoms with Gasteiger partial charge in [0, 0.05) is 12.4 Å². The highest BCUT2D eigenvalue weighted by Crippen LogP contribution is 1.85. The second-order valence-corrected chi connectivity index (χ2v) is 1.38. The quantitative estimate of drug-likeness (QED) is 0.537. The van der Waals surface area contributed by atoms with Gasteiger partial charge >= 0.3 is 0 Å². The third kappa shape index (κ3) is 0.904. The molecule has 8 heavy (non-hydrogen) atoms. The van der Waals surface area contributed by atoms with E-state index in [1.165, 1.54) is 6.21 Å². The molecule has 0 radical (unpaired) electrons. The second-order valence-electron chi connectivity index (χ2n) is 1.38. The third-order valence-electron chi connectivity index (χ3n) is 0.820. The summed E-state index contributed by atoms with van der Waals surface area (Å²) in [6, 6.07) is 5.46. The Morgan fingerprint density at radius 2 is 2.75 bits per heavy atom. The number of nitrogens with one attached hydrogen (secondary N) is 1. The molecule has 0 unspecified atom stereocenters. The molecule has 1 N–H and O–H groups in total. The summed E-state index contributed by atoms with van der Waals surface area (Å²) in [5, 5.41) is 3.07. The van der Waals surface area contributed by atoms with Crippen LogP contribution in [0.5, 0.6) is 0 Å². The average molecular weight is 108 g/mol. The lowest BCUT2D eigenvalue weighted by molar-refractivity contribution is 1.29. The van der Waals surface area contributed by atoms with Crippen molar-refractivity contribution in [1.29, 1.82) is 5.40 Å². The zero-order valence-electron chi connectivity index (χ0n) is 5.28. The summed E-state index contributed by atoms with van der Waals surface area (Å²) in [6.45, 7) is 0. The first-order valence-corrected chi connectivity index (χ1v) is 2.32. The van der Waals surface area contributed by atoms with Crippen molar-refractivity contribution >= 4 is 6.21 Å². The van der Waals surface area contributed by atoms with Crippen LogP contribution in [-0.4, -0.2) is 11.2 Å². The van der Waals surface area contributed by atoms with Crippen LogP contribution in [0.15, 0.2) is 24.4 Å². The van der Waals surface area contributed by atoms with Gasteiger partial charge < -0.3 is 5.40 Å². The molecular formula is C6H6N2. The van der Waals surface area contributed by atoms with Crippen LogP contribution in [0, 0.1) is 5.40 Å². The number of aromatic nitrogens is 1. The predicted molar refractivity (Wildman–Crippen MR) is 32.1 cm³/mol. The van der Waals surface area contributed by atoms with E-state index >= 15 is 0 Å². The van der Waals surface area contributed by atoms with E-state index in [4.69, 9.17) is 1.41 Å². The van der Waals surface area contributed by atoms with Crippen LogP contribution in [0.2, 0.25) is 1.41 Å². The Kier molecular flexibility index (Phi) is 1.04. The van der Waals surface area contributed by atoms with Gasteiger partial charge in [0.1, 0.15) is 0 Å². The maximum absolute atomic E-state index is 6.47. The minimum absolute atomic E-state index is 0.715. The van der Waals surface area contributed by atoms with Gasteiger partial charge in [0.2, 0.25) is 0 Å². The molecule has 0 atom stereocenters. The van der Waals surface area contributed by atoms with E-state index in [0.717, 1.165) is 0 Å². The van der Waals surface area contributed by atoms with Crippen molar-refractivity contribution in [3.05, 3.63) is 30.1 Å². The largest absolute Gasteiger partial charge is 0.307 e. The molecule has 2 heteroatoms. The first-order chi connectivity index (χ1) is 4.43. The normalized spacial score (nSPS) is 11.8. The maximum atomic E-state index is 6.47. The lowest BCUT2D eigenvalue weighted by Gasteiger charge is -1.83. The molecule has 2 nitrogen and oxygen atoms in total. The van der Waals surface area contributed by atoms with Gasteiger partial charge in [-0.2, -0.15) is 0 Å². The fraction of sp³-hybridized carbons (Fsp3) is 0. The van der Waals surface area contributed by atoms with Crippen molar-refractivity contribution in [2.45, 2.75) is 0 Å². The van der Waals surface area contributed by atoms with Crippen LogP contribution in [0.1, 0.15) is 5.69 Å². The molecule has 0 amide bonds. The highest BCUT2D eigenvalue weighted by Gasteiger charge is 1.78. The molecule has 0 bridgehead atoms. The molecule has 1 aromatic rings. The van der Waals surface area contributed by atoms with Gasteiger partial charge in [0.15, 0.2) is 1.41 Å². The van der Waals surface area contributed by atoms with Gasteiger partial charge in [0.25, 0.3) is 0 Å². The molecule has 0 aliphatic heterocycles. The van der Waals surface area contributed by atoms with Crippen molar-refractivity contribution in [3.8, 4) is 0 Å². The molecule has 40 valence electrons. The molecule has 1 heterocycles. The van der Waals surface area contributed by atoms with Crippen molar-refractivity contribution in [2.75, 3.05) is 0 Å². The van der Waals surface area contributed by atoms with Crippen LogP contribution in [0.25, 0.3) is 0 Å². The number of hydrogen-bond donors (Lipinski definition) is 1. The molecule has 1 rings (SSSR count). The lowest BCUT2D eigenvalue weighted by atomic mass is 10.4. The third-order valence-corrected chi connectivity index (χ3v) is 0.820. The summed E-state index contributed by atoms with van der Waals surface area (Å²) in [7, 11) is 0. The van der Waals surface area contributed by atoms with Gasteiger partial charge in [-0.15, -0.1) is 0 Å². The number of hydrogen-bond acceptors (Lipinski definition) is 2. The second kappa shape index (κ2) is 2.21. The van der Waals surface area contributed by atoms with E-state index in [1.807, 2.05) is 12.1 Å². The summed E-state index contributed by atoms with van der Waals surface area (Å²) < 4.78 is 6.47. The summed E-state index contributed by atoms with van der Waals surface area (Å²) in [6.07, 6.45) is 3.05. The minimum atomic E-state index is 0.715. The van der Waals surface area contributed by atoms with Crippen molar-refractivity contribution in [3.63, 3.8) is 0 Å². The summed E-state index contributed by atoms with van der Waals surface area (Å²) >= 11 is 0. The highest BCUT2D eigenvalue weighted by molar-refractivity contribution is 5.73. The predicted octanol–water partition coefficient (Wildman–Crippen LogP) is 1.08. The smallest absolute Gasteiger partial charge is 0.187 e. The van der Waals surface area contributed by atoms with E-state index in [-0.39, 0.29) is 0 Å². The Labute approximate surface area is 49.2 Å². The lowest BCUT2D eigenvalue weighted by Crippen LogP contribution is -1.80. The van der Waals surface area contributed by atoms with Gasteiger partial charge in [-0.25, -0.2) is 0 Å². The topological polar surface area (TPSA) is 36.7 Å². The van der Waals surface area contributed by atoms with Crippen LogP contribution in [0.3, 0.4) is 0 Å². The first kappa shape index (κ1) is 3.78. The van der Waals surface area contributed by atoms with Gasteiger partial charge in [-0.1, -0.05) is 6.07 Å². The number of pyridine rings is 1. The van der Waals surface area contributed by atoms with E-state index in [1.54, 1.807) is 12.3 Å². The molecule has 0 aliphatic rings. The Hall–Kier alpha value is -1.18. The zero-order chi connectivity index (χ0) is 6.53. The minimum Gasteiger partial charge on any atom is -0.307 e. The molecule has 0 aromatic carbocycles. The SMILES string of the molecule is [3H]N=Cc1ccccn1. The summed E-state index contributed by atoms with van der Waals surface area (Å²) in [5.74, 6) is 0. The van der Waals surface area contributed by atoms with E-state index in [9.17, 15) is 0 Å². The maximum Gasteiger partial charge on any atom is 0.187 e. The fourth-order valence-corrected chi connectivity index (χ4v) is 0.452. The summed E-state index contributed by atoms with van der Waals surface area (Å²) in [4.78, 5) is 3.90. The Morgan fingerprint density at radius 3 is 3.38 bits per heavy atom. The van der Waals surface area contributed by atoms with Crippen molar-refractivity contribution in [1.82, 2.24) is 4.98 Å². The Morgan fingerprint density at radius 1 is 1.75 bits per heavy atom. The number of rotatable bonds is 1. The van der Waals surface area contributed by atoms with Crippen molar-refractivity contribution < 1.29 is 1.41 Å². The average Bonchev–Trinajstić information content (AvgIpc) is 1.91. The number of nitrogens with zero attached hydrogens (tertiary/aromatic N) is 1. The Bertz CT molecular complexity index is 195. The molecule has 0 saturated heterocycles. The standard InChI is InChI=1S/C6H6N2/c7-5-6-3-1-2-4-8-6/h1-5,7H/i/hT. The molecule has 1 aromatic heterocycles. The van der Waals surface area contributed by atoms with E-state index in [0.29, 0.717) is 5.69 Å². The summed E-state index contributed by atoms with van der Waals surface area (Å²) in [5.41, 5.74) is 0.715. The van der Waals surface area contributed by atoms with Crippen LogP contribution >= 0.6 is 0 Å². The van der Waals surface area contributed by atoms with E-state index in [2.05, 4.69) is 10.4 Å². The highest BCUT2D eigenvalue weighted by atomic mass is 14.7. The van der Waals surface area contributed by atoms with Crippen LogP contribution < -0.4 is 0 Å². The molecule has 0 saturated carbocycles. The molecule has 0 spiro atoms. The first-order valence-electron chi connectivity index (χ1n) is 2.76. The monoisotopic (exact) mass is 108 g/mol. The molecular weight excluding hydrogens is 100 g/mol. The van der Waals surface area contributed by atoms with Crippen LogP contribution in [0.4, 0.5) is 0 Å². The van der Waals surface area contributed by atoms with Gasteiger partial charge in [0.05, 0.1) is 5.69 Å². The Balaban J connectivity index is 2.85. The molecule has 0 aliphatic carbocycles. The van der Waals surface area contributed by atoms with Crippen LogP contribution in [-0.2, 0) is 0 Å². The van der Waals surface area contributed by atoms with Gasteiger partial charge in [-0.05, 0) is 12.1 Å². The fourth-order valence-electron chi connectivity index (χ4n) is 0.452. The molecule has 0 fully saturated rings.